The summed E-state index contributed by atoms with van der Waals surface area (Å²) >= 11 is 0. The zero-order valence-electron chi connectivity index (χ0n) is 31.6. The summed E-state index contributed by atoms with van der Waals surface area (Å²) < 4.78 is 0. The molecule has 4 rings (SSSR count). The second-order valence-electron chi connectivity index (χ2n) is 12.8. The van der Waals surface area contributed by atoms with Gasteiger partial charge in [0.1, 0.15) is 0 Å². The van der Waals surface area contributed by atoms with Crippen molar-refractivity contribution in [3.63, 3.8) is 0 Å². The zero-order valence-corrected chi connectivity index (χ0v) is 31.6. The van der Waals surface area contributed by atoms with Gasteiger partial charge in [0.15, 0.2) is 0 Å². The van der Waals surface area contributed by atoms with Crippen molar-refractivity contribution in [3.05, 3.63) is 132 Å². The van der Waals surface area contributed by atoms with Crippen LogP contribution >= 0.6 is 0 Å². The first kappa shape index (κ1) is 37.8. The highest BCUT2D eigenvalue weighted by Crippen LogP contribution is 2.34. The second-order valence-corrected chi connectivity index (χ2v) is 12.8. The molecule has 0 radical (unpaired) electrons. The Morgan fingerprint density at radius 1 is 0.510 bits per heavy atom. The summed E-state index contributed by atoms with van der Waals surface area (Å²) in [7, 11) is 0. The third kappa shape index (κ3) is 9.57. The molecular weight excluding hydrogens is 597 g/mol. The number of hydrogen-bond donors (Lipinski definition) is 0. The number of hydrogen-bond acceptors (Lipinski definition) is 4. The monoisotopic (exact) mass is 658 g/mol. The molecule has 0 fully saturated rings. The molecule has 3 aromatic rings. The molecule has 4 heteroatoms. The first-order chi connectivity index (χ1) is 23.9. The summed E-state index contributed by atoms with van der Waals surface area (Å²) in [6, 6.07) is 27.9. The summed E-state index contributed by atoms with van der Waals surface area (Å²) in [6.07, 6.45) is 16.7. The topological polar surface area (TPSA) is 13.0 Å². The Labute approximate surface area is 299 Å². The first-order valence-corrected chi connectivity index (χ1v) is 19.0. The van der Waals surface area contributed by atoms with E-state index in [2.05, 4.69) is 190 Å². The molecule has 4 nitrogen and oxygen atoms in total. The smallest absolute Gasteiger partial charge is 0.0461 e. The number of benzene rings is 3. The maximum absolute atomic E-state index is 2.50. The molecule has 3 aromatic carbocycles. The molecule has 0 saturated heterocycles. The lowest BCUT2D eigenvalue weighted by atomic mass is 9.82. The van der Waals surface area contributed by atoms with Gasteiger partial charge >= 0.3 is 0 Å². The van der Waals surface area contributed by atoms with Crippen molar-refractivity contribution in [3.8, 4) is 0 Å². The normalized spacial score (nSPS) is 16.3. The van der Waals surface area contributed by atoms with Crippen molar-refractivity contribution < 1.29 is 0 Å². The van der Waals surface area contributed by atoms with E-state index in [0.29, 0.717) is 12.0 Å². The molecule has 49 heavy (non-hydrogen) atoms. The van der Waals surface area contributed by atoms with Crippen molar-refractivity contribution in [1.29, 1.82) is 0 Å². The van der Waals surface area contributed by atoms with Gasteiger partial charge in [-0.25, -0.2) is 0 Å². The van der Waals surface area contributed by atoms with Crippen molar-refractivity contribution in [1.82, 2.24) is 4.90 Å². The van der Waals surface area contributed by atoms with Crippen LogP contribution in [-0.4, -0.2) is 63.3 Å². The van der Waals surface area contributed by atoms with Gasteiger partial charge in [-0.1, -0.05) is 92.8 Å². The Kier molecular flexibility index (Phi) is 14.8. The van der Waals surface area contributed by atoms with Crippen molar-refractivity contribution in [2.45, 2.75) is 67.3 Å². The second kappa shape index (κ2) is 19.2. The molecule has 0 N–H and O–H groups in total. The van der Waals surface area contributed by atoms with Crippen LogP contribution in [0.15, 0.2) is 115 Å². The predicted octanol–water partition coefficient (Wildman–Crippen LogP) is 10.4. The minimum atomic E-state index is 0.225. The quantitative estimate of drug-likeness (QED) is 0.0996. The standard InChI is InChI=1S/C45H62N4/c1-9-46(10-2)40-28-20-36(21-29-40)44(37-22-30-41(31-23-37)47(11-3)12-4)18-17-19-45(38-24-32-42(33-25-38)48(13-5)14-6)39-26-34-43(35-27-39)49(15-7)16-8/h17-36,40,44H,9-16H2,1-8H3/b18-17+. The fourth-order valence-corrected chi connectivity index (χ4v) is 7.21. The van der Waals surface area contributed by atoms with E-state index in [-0.39, 0.29) is 5.92 Å². The first-order valence-electron chi connectivity index (χ1n) is 19.0. The van der Waals surface area contributed by atoms with E-state index in [1.807, 2.05) is 0 Å². The molecule has 1 unspecified atom stereocenters. The van der Waals surface area contributed by atoms with E-state index in [4.69, 9.17) is 0 Å². The van der Waals surface area contributed by atoms with Crippen molar-refractivity contribution >= 4 is 22.6 Å². The summed E-state index contributed by atoms with van der Waals surface area (Å²) in [5.41, 5.74) is 8.87. The third-order valence-electron chi connectivity index (χ3n) is 10.3. The molecule has 0 amide bonds. The van der Waals surface area contributed by atoms with Crippen LogP contribution in [0.5, 0.6) is 0 Å². The summed E-state index contributed by atoms with van der Waals surface area (Å²) in [5, 5.41) is 0. The highest BCUT2D eigenvalue weighted by molar-refractivity contribution is 5.82. The Morgan fingerprint density at radius 2 is 0.898 bits per heavy atom. The predicted molar refractivity (Wildman–Crippen MR) is 217 cm³/mol. The number of nitrogens with zero attached hydrogens (tertiary/aromatic N) is 4. The zero-order chi connectivity index (χ0) is 35.2. The molecule has 0 aromatic heterocycles. The largest absolute Gasteiger partial charge is 0.372 e. The Hall–Kier alpha value is -4.02. The lowest BCUT2D eigenvalue weighted by Gasteiger charge is -2.30. The number of allylic oxidation sites excluding steroid dienone is 5. The summed E-state index contributed by atoms with van der Waals surface area (Å²) in [5.74, 6) is 0.518. The van der Waals surface area contributed by atoms with Gasteiger partial charge < -0.3 is 14.7 Å². The maximum Gasteiger partial charge on any atom is 0.0461 e. The fourth-order valence-electron chi connectivity index (χ4n) is 7.21. The summed E-state index contributed by atoms with van der Waals surface area (Å²) in [4.78, 5) is 9.71. The lowest BCUT2D eigenvalue weighted by molar-refractivity contribution is 0.285. The van der Waals surface area contributed by atoms with Crippen LogP contribution in [-0.2, 0) is 0 Å². The van der Waals surface area contributed by atoms with Gasteiger partial charge in [-0.05, 0) is 113 Å². The van der Waals surface area contributed by atoms with Gasteiger partial charge in [-0.3, -0.25) is 4.90 Å². The lowest BCUT2D eigenvalue weighted by Crippen LogP contribution is -2.33. The molecule has 0 aliphatic heterocycles. The highest BCUT2D eigenvalue weighted by atomic mass is 15.1. The molecule has 1 aliphatic carbocycles. The molecule has 0 bridgehead atoms. The van der Waals surface area contributed by atoms with Crippen LogP contribution in [0.2, 0.25) is 0 Å². The van der Waals surface area contributed by atoms with Gasteiger partial charge in [0.2, 0.25) is 0 Å². The average molecular weight is 659 g/mol. The number of anilines is 3. The molecule has 1 atom stereocenters. The SMILES string of the molecule is CCN(CC)c1ccc(C(=C/C=C/C(c2ccc(N(CC)CC)cc2)C2C=CC(N(CC)CC)C=C2)c2ccc(N(CC)CC)cc2)cc1. The van der Waals surface area contributed by atoms with E-state index >= 15 is 0 Å². The van der Waals surface area contributed by atoms with Gasteiger partial charge in [0.05, 0.1) is 0 Å². The van der Waals surface area contributed by atoms with Crippen LogP contribution in [0.3, 0.4) is 0 Å². The van der Waals surface area contributed by atoms with Crippen LogP contribution < -0.4 is 14.7 Å². The number of rotatable bonds is 18. The van der Waals surface area contributed by atoms with E-state index in [1.54, 1.807) is 0 Å². The van der Waals surface area contributed by atoms with E-state index in [9.17, 15) is 0 Å². The maximum atomic E-state index is 2.50. The van der Waals surface area contributed by atoms with Crippen molar-refractivity contribution in [2.24, 2.45) is 5.92 Å². The fraction of sp³-hybridized carbons (Fsp3) is 0.422. The van der Waals surface area contributed by atoms with Crippen molar-refractivity contribution in [2.75, 3.05) is 67.1 Å². The molecular formula is C45H62N4. The van der Waals surface area contributed by atoms with E-state index in [0.717, 1.165) is 52.4 Å². The van der Waals surface area contributed by atoms with Crippen LogP contribution in [0.4, 0.5) is 17.1 Å². The molecule has 0 heterocycles. The minimum Gasteiger partial charge on any atom is -0.372 e. The third-order valence-corrected chi connectivity index (χ3v) is 10.3. The summed E-state index contributed by atoms with van der Waals surface area (Å²) in [6.45, 7) is 26.0. The average Bonchev–Trinajstić information content (AvgIpc) is 3.15. The molecule has 0 spiro atoms. The molecule has 262 valence electrons. The minimum absolute atomic E-state index is 0.225. The van der Waals surface area contributed by atoms with E-state index < -0.39 is 0 Å². The Morgan fingerprint density at radius 3 is 1.27 bits per heavy atom. The Balaban J connectivity index is 1.74. The van der Waals surface area contributed by atoms with E-state index in [1.165, 1.54) is 39.3 Å². The van der Waals surface area contributed by atoms with Crippen LogP contribution in [0.25, 0.3) is 5.57 Å². The van der Waals surface area contributed by atoms with Crippen LogP contribution in [0.1, 0.15) is 78.0 Å². The number of likely N-dealkylation sites (N-methyl/N-ethyl adjacent to an activating group) is 1. The van der Waals surface area contributed by atoms with Crippen LogP contribution in [0, 0.1) is 5.92 Å². The highest BCUT2D eigenvalue weighted by Gasteiger charge is 2.21. The molecule has 1 aliphatic rings. The van der Waals surface area contributed by atoms with Gasteiger partial charge in [-0.15, -0.1) is 0 Å². The Bertz CT molecular complexity index is 1430. The van der Waals surface area contributed by atoms with Gasteiger partial charge in [-0.2, -0.15) is 0 Å². The van der Waals surface area contributed by atoms with Gasteiger partial charge in [0, 0.05) is 74.2 Å². The van der Waals surface area contributed by atoms with Gasteiger partial charge in [0.25, 0.3) is 0 Å². The molecule has 0 saturated carbocycles.